The number of nitrogens with zero attached hydrogens (tertiary/aromatic N) is 4. The van der Waals surface area contributed by atoms with Gasteiger partial charge in [0.2, 0.25) is 0 Å². The summed E-state index contributed by atoms with van der Waals surface area (Å²) < 4.78 is 8.55. The van der Waals surface area contributed by atoms with Crippen LogP contribution in [-0.4, -0.2) is 23.3 Å². The molecule has 0 unspecified atom stereocenters. The molecule has 0 fully saturated rings. The molecule has 0 saturated carbocycles. The molecular weight excluding hydrogens is 675 g/mol. The number of pyridine rings is 1. The van der Waals surface area contributed by atoms with Gasteiger partial charge in [0.25, 0.3) is 0 Å². The fourth-order valence-electron chi connectivity index (χ4n) is 5.44. The second-order valence-corrected chi connectivity index (χ2v) is 10.3. The van der Waals surface area contributed by atoms with Crippen LogP contribution >= 0.6 is 0 Å². The maximum atomic E-state index is 6.37. The molecule has 5 nitrogen and oxygen atoms in total. The minimum absolute atomic E-state index is 0. The minimum atomic E-state index is 0. The van der Waals surface area contributed by atoms with Crippen LogP contribution in [0.15, 0.2) is 97.2 Å². The second-order valence-electron chi connectivity index (χ2n) is 10.3. The predicted molar refractivity (Wildman–Crippen MR) is 159 cm³/mol. The van der Waals surface area contributed by atoms with Crippen molar-refractivity contribution in [2.24, 2.45) is 0 Å². The van der Waals surface area contributed by atoms with Crippen LogP contribution in [0.1, 0.15) is 25.3 Å². The second kappa shape index (κ2) is 10.5. The number of benzene rings is 4. The molecule has 6 heteroatoms. The van der Waals surface area contributed by atoms with Gasteiger partial charge in [-0.3, -0.25) is 0 Å². The Morgan fingerprint density at radius 2 is 1.57 bits per heavy atom. The average molecular weight is 704 g/mol. The monoisotopic (exact) mass is 703 g/mol. The van der Waals surface area contributed by atoms with Crippen molar-refractivity contribution in [1.29, 1.82) is 0 Å². The molecular formula is C34H28N4OPt. The van der Waals surface area contributed by atoms with Gasteiger partial charge in [-0.05, 0) is 47.2 Å². The van der Waals surface area contributed by atoms with Gasteiger partial charge < -0.3 is 19.1 Å². The first-order valence-corrected chi connectivity index (χ1v) is 13.3. The van der Waals surface area contributed by atoms with Crippen LogP contribution in [0.5, 0.6) is 11.5 Å². The molecule has 0 N–H and O–H groups in total. The molecule has 200 valence electrons. The van der Waals surface area contributed by atoms with E-state index in [1.165, 1.54) is 16.9 Å². The largest absolute Gasteiger partial charge is 2.00 e. The molecule has 3 heterocycles. The Morgan fingerprint density at radius 1 is 0.800 bits per heavy atom. The summed E-state index contributed by atoms with van der Waals surface area (Å²) in [5.74, 6) is 2.58. The molecule has 0 saturated heterocycles. The number of aromatic nitrogens is 2. The van der Waals surface area contributed by atoms with Gasteiger partial charge in [-0.2, -0.15) is 12.1 Å². The summed E-state index contributed by atoms with van der Waals surface area (Å²) in [7, 11) is 2.11. The van der Waals surface area contributed by atoms with Crippen molar-refractivity contribution >= 4 is 38.9 Å². The van der Waals surface area contributed by atoms with Crippen molar-refractivity contribution in [2.75, 3.05) is 23.5 Å². The summed E-state index contributed by atoms with van der Waals surface area (Å²) in [4.78, 5) is 9.23. The Morgan fingerprint density at radius 3 is 2.42 bits per heavy atom. The van der Waals surface area contributed by atoms with E-state index in [0.717, 1.165) is 40.0 Å². The van der Waals surface area contributed by atoms with E-state index < -0.39 is 0 Å². The maximum absolute atomic E-state index is 6.37. The van der Waals surface area contributed by atoms with E-state index in [0.29, 0.717) is 17.4 Å². The van der Waals surface area contributed by atoms with Crippen LogP contribution in [0, 0.1) is 12.1 Å². The van der Waals surface area contributed by atoms with Crippen molar-refractivity contribution < 1.29 is 25.8 Å². The van der Waals surface area contributed by atoms with Crippen molar-refractivity contribution in [3.63, 3.8) is 0 Å². The smallest absolute Gasteiger partial charge is 0.509 e. The first-order chi connectivity index (χ1) is 19.1. The summed E-state index contributed by atoms with van der Waals surface area (Å²) in [6.07, 6.45) is 1.89. The topological polar surface area (TPSA) is 33.5 Å². The van der Waals surface area contributed by atoms with Gasteiger partial charge >= 0.3 is 21.1 Å². The Labute approximate surface area is 248 Å². The van der Waals surface area contributed by atoms with Gasteiger partial charge in [-0.15, -0.1) is 35.7 Å². The van der Waals surface area contributed by atoms with E-state index in [-0.39, 0.29) is 21.1 Å². The number of hydrogen-bond donors (Lipinski definition) is 0. The van der Waals surface area contributed by atoms with Crippen LogP contribution in [0.2, 0.25) is 0 Å². The van der Waals surface area contributed by atoms with E-state index >= 15 is 0 Å². The Balaban J connectivity index is 0.00000289. The van der Waals surface area contributed by atoms with E-state index in [9.17, 15) is 0 Å². The fourth-order valence-corrected chi connectivity index (χ4v) is 5.44. The van der Waals surface area contributed by atoms with E-state index in [1.807, 2.05) is 24.4 Å². The van der Waals surface area contributed by atoms with E-state index in [2.05, 4.69) is 120 Å². The molecule has 2 aromatic heterocycles. The summed E-state index contributed by atoms with van der Waals surface area (Å²) in [6, 6.07) is 38.2. The van der Waals surface area contributed by atoms with Crippen molar-refractivity contribution in [3.8, 4) is 17.3 Å². The predicted octanol–water partition coefficient (Wildman–Crippen LogP) is 8.24. The average Bonchev–Trinajstić information content (AvgIpc) is 3.48. The molecule has 0 radical (unpaired) electrons. The van der Waals surface area contributed by atoms with Crippen molar-refractivity contribution in [1.82, 2.24) is 9.55 Å². The van der Waals surface area contributed by atoms with Gasteiger partial charge in [0.1, 0.15) is 5.82 Å². The van der Waals surface area contributed by atoms with Crippen LogP contribution in [0.25, 0.3) is 27.6 Å². The Hall–Kier alpha value is -4.08. The first-order valence-electron chi connectivity index (χ1n) is 13.3. The molecule has 6 aromatic rings. The third-order valence-corrected chi connectivity index (χ3v) is 7.42. The SMILES string of the molecule is CC(C)c1ccnc(-n2c3[c-]c(Oc4[c-]c(N5CN(C)c6ccccc65)ccc4)ccc3c3ccccc32)c1.[Pt+2]. The molecule has 0 atom stereocenters. The third-order valence-electron chi connectivity index (χ3n) is 7.42. The van der Waals surface area contributed by atoms with Gasteiger partial charge in [0, 0.05) is 30.3 Å². The van der Waals surface area contributed by atoms with E-state index in [1.54, 1.807) is 0 Å². The molecule has 0 bridgehead atoms. The first kappa shape index (κ1) is 26.2. The molecule has 0 aliphatic carbocycles. The zero-order valence-corrected chi connectivity index (χ0v) is 24.8. The number of rotatable bonds is 5. The Bertz CT molecular complexity index is 1840. The van der Waals surface area contributed by atoms with Gasteiger partial charge in [-0.25, -0.2) is 4.98 Å². The zero-order chi connectivity index (χ0) is 26.5. The summed E-state index contributed by atoms with van der Waals surface area (Å²) >= 11 is 0. The van der Waals surface area contributed by atoms with E-state index in [4.69, 9.17) is 9.72 Å². The third kappa shape index (κ3) is 4.45. The van der Waals surface area contributed by atoms with Crippen LogP contribution in [0.4, 0.5) is 17.1 Å². The fraction of sp³-hybridized carbons (Fsp3) is 0.147. The minimum Gasteiger partial charge on any atom is -0.509 e. The number of para-hydroxylation sites is 3. The quantitative estimate of drug-likeness (QED) is 0.170. The van der Waals surface area contributed by atoms with Gasteiger partial charge in [-0.1, -0.05) is 55.4 Å². The molecule has 0 amide bonds. The van der Waals surface area contributed by atoms with Gasteiger partial charge in [0.05, 0.1) is 18.0 Å². The summed E-state index contributed by atoms with van der Waals surface area (Å²) in [5.41, 5.74) is 6.63. The maximum Gasteiger partial charge on any atom is 2.00 e. The molecule has 1 aliphatic heterocycles. The van der Waals surface area contributed by atoms with Crippen molar-refractivity contribution in [2.45, 2.75) is 19.8 Å². The van der Waals surface area contributed by atoms with Crippen LogP contribution in [-0.2, 0) is 21.1 Å². The number of anilines is 3. The van der Waals surface area contributed by atoms with Crippen LogP contribution in [0.3, 0.4) is 0 Å². The zero-order valence-electron chi connectivity index (χ0n) is 22.5. The molecule has 1 aliphatic rings. The standard InChI is InChI=1S/C34H28N4O.Pt/c1-23(2)24-17-18-35-34(19-24)38-30-12-5-4-11-28(30)29-16-15-27(21-33(29)38)39-26-10-8-9-25(20-26)37-22-36(3)31-13-6-7-14-32(31)37;/h4-19,23H,22H2,1-3H3;/q-2;+2. The number of ether oxygens (including phenoxy) is 1. The van der Waals surface area contributed by atoms with Crippen LogP contribution < -0.4 is 14.5 Å². The molecule has 7 rings (SSSR count). The Kier molecular flexibility index (Phi) is 6.85. The number of fused-ring (bicyclic) bond motifs is 4. The summed E-state index contributed by atoms with van der Waals surface area (Å²) in [6.45, 7) is 5.17. The number of hydrogen-bond acceptors (Lipinski definition) is 4. The van der Waals surface area contributed by atoms with Crippen molar-refractivity contribution in [3.05, 3.63) is 115 Å². The summed E-state index contributed by atoms with van der Waals surface area (Å²) in [5, 5.41) is 2.28. The molecule has 0 spiro atoms. The molecule has 40 heavy (non-hydrogen) atoms. The van der Waals surface area contributed by atoms with Gasteiger partial charge in [0.15, 0.2) is 0 Å². The molecule has 4 aromatic carbocycles. The normalized spacial score (nSPS) is 12.7.